The molecule has 1 atom stereocenters. The van der Waals surface area contributed by atoms with Crippen LogP contribution in [0.1, 0.15) is 5.56 Å². The summed E-state index contributed by atoms with van der Waals surface area (Å²) >= 11 is 0. The molecule has 0 radical (unpaired) electrons. The predicted octanol–water partition coefficient (Wildman–Crippen LogP) is 2.78. The van der Waals surface area contributed by atoms with Gasteiger partial charge in [0.15, 0.2) is 5.78 Å². The van der Waals surface area contributed by atoms with Crippen LogP contribution in [-0.4, -0.2) is 18.5 Å². The molecule has 1 saturated heterocycles. The van der Waals surface area contributed by atoms with Crippen LogP contribution in [0.5, 0.6) is 0 Å². The highest BCUT2D eigenvalue weighted by Gasteiger charge is 2.28. The Hall–Kier alpha value is -1.93. The first-order chi connectivity index (χ1) is 8.36. The van der Waals surface area contributed by atoms with Crippen LogP contribution in [0.25, 0.3) is 6.08 Å². The average Bonchev–Trinajstić information content (AvgIpc) is 3.19. The van der Waals surface area contributed by atoms with Gasteiger partial charge in [-0.1, -0.05) is 60.7 Å². The number of carbonyl (C=O) groups excluding carboxylic acids is 1. The SMILES string of the molecule is O=C(/C=C/C=C/C=C/c1ccccc1)[C@H]1CO1. The maximum atomic E-state index is 11.2. The second-order valence-electron chi connectivity index (χ2n) is 3.74. The summed E-state index contributed by atoms with van der Waals surface area (Å²) in [5.74, 6) is 0.0432. The maximum absolute atomic E-state index is 11.2. The van der Waals surface area contributed by atoms with Crippen LogP contribution in [0.3, 0.4) is 0 Å². The van der Waals surface area contributed by atoms with Gasteiger partial charge in [-0.2, -0.15) is 0 Å². The van der Waals surface area contributed by atoms with Gasteiger partial charge in [-0.15, -0.1) is 0 Å². The highest BCUT2D eigenvalue weighted by Crippen LogP contribution is 2.10. The highest BCUT2D eigenvalue weighted by atomic mass is 16.6. The first-order valence-electron chi connectivity index (χ1n) is 5.58. The zero-order valence-electron chi connectivity index (χ0n) is 9.45. The molecule has 0 saturated carbocycles. The van der Waals surface area contributed by atoms with Crippen LogP contribution < -0.4 is 0 Å². The smallest absolute Gasteiger partial charge is 0.186 e. The molecule has 1 aromatic rings. The Morgan fingerprint density at radius 2 is 1.82 bits per heavy atom. The van der Waals surface area contributed by atoms with Crippen molar-refractivity contribution < 1.29 is 9.53 Å². The zero-order chi connectivity index (χ0) is 11.9. The molecule has 1 aliphatic rings. The molecule has 0 unspecified atom stereocenters. The lowest BCUT2D eigenvalue weighted by Crippen LogP contribution is -2.00. The summed E-state index contributed by atoms with van der Waals surface area (Å²) in [5.41, 5.74) is 1.16. The van der Waals surface area contributed by atoms with Crippen molar-refractivity contribution in [3.05, 3.63) is 66.3 Å². The number of ketones is 1. The third kappa shape index (κ3) is 4.21. The van der Waals surface area contributed by atoms with Gasteiger partial charge in [0.05, 0.1) is 6.61 Å². The van der Waals surface area contributed by atoms with E-state index in [1.54, 1.807) is 12.2 Å². The minimum Gasteiger partial charge on any atom is -0.364 e. The van der Waals surface area contributed by atoms with Crippen LogP contribution in [0, 0.1) is 0 Å². The first-order valence-corrected chi connectivity index (χ1v) is 5.58. The van der Waals surface area contributed by atoms with Crippen molar-refractivity contribution >= 4 is 11.9 Å². The number of ether oxygens (including phenoxy) is 1. The Morgan fingerprint density at radius 1 is 1.12 bits per heavy atom. The molecule has 1 aliphatic heterocycles. The molecule has 0 spiro atoms. The topological polar surface area (TPSA) is 29.6 Å². The van der Waals surface area contributed by atoms with Gasteiger partial charge in [-0.05, 0) is 11.6 Å². The molecule has 1 aromatic carbocycles. The molecule has 86 valence electrons. The molecule has 1 fully saturated rings. The summed E-state index contributed by atoms with van der Waals surface area (Å²) in [7, 11) is 0. The molecule has 1 heterocycles. The van der Waals surface area contributed by atoms with E-state index in [1.165, 1.54) is 0 Å². The summed E-state index contributed by atoms with van der Waals surface area (Å²) in [6.45, 7) is 0.570. The molecule has 17 heavy (non-hydrogen) atoms. The normalized spacial score (nSPS) is 19.4. The van der Waals surface area contributed by atoms with E-state index in [9.17, 15) is 4.79 Å². The van der Waals surface area contributed by atoms with Crippen LogP contribution in [-0.2, 0) is 9.53 Å². The van der Waals surface area contributed by atoms with Gasteiger partial charge in [0, 0.05) is 0 Å². The fraction of sp³-hybridized carbons (Fsp3) is 0.133. The first kappa shape index (κ1) is 11.6. The molecule has 2 rings (SSSR count). The number of carbonyl (C=O) groups is 1. The van der Waals surface area contributed by atoms with Gasteiger partial charge in [0.2, 0.25) is 0 Å². The average molecular weight is 226 g/mol. The summed E-state index contributed by atoms with van der Waals surface area (Å²) in [6.07, 6.45) is 10.8. The van der Waals surface area contributed by atoms with Crippen molar-refractivity contribution in [1.29, 1.82) is 0 Å². The lowest BCUT2D eigenvalue weighted by atomic mass is 10.2. The van der Waals surface area contributed by atoms with E-state index < -0.39 is 0 Å². The molecule has 2 nitrogen and oxygen atoms in total. The number of epoxide rings is 1. The van der Waals surface area contributed by atoms with E-state index in [0.717, 1.165) is 5.56 Å². The van der Waals surface area contributed by atoms with E-state index in [-0.39, 0.29) is 11.9 Å². The third-order valence-corrected chi connectivity index (χ3v) is 2.33. The lowest BCUT2D eigenvalue weighted by molar-refractivity contribution is -0.115. The number of allylic oxidation sites excluding steroid dienone is 4. The standard InChI is InChI=1S/C15H14O2/c16-14(15-12-17-15)11-7-2-1-4-8-13-9-5-3-6-10-13/h1-11,15H,12H2/b2-1+,8-4+,11-7+/t15-/m1/s1. The predicted molar refractivity (Wildman–Crippen MR) is 68.5 cm³/mol. The molecule has 0 N–H and O–H groups in total. The number of hydrogen-bond donors (Lipinski definition) is 0. The Kier molecular flexibility index (Phi) is 4.05. The van der Waals surface area contributed by atoms with E-state index in [4.69, 9.17) is 4.74 Å². The Morgan fingerprint density at radius 3 is 2.53 bits per heavy atom. The number of benzene rings is 1. The fourth-order valence-corrected chi connectivity index (χ4v) is 1.33. The Labute approximate surface area is 101 Å². The van der Waals surface area contributed by atoms with Gasteiger partial charge in [0.25, 0.3) is 0 Å². The molecular formula is C15H14O2. The van der Waals surface area contributed by atoms with E-state index >= 15 is 0 Å². The third-order valence-electron chi connectivity index (χ3n) is 2.33. The lowest BCUT2D eigenvalue weighted by Gasteiger charge is -1.88. The fourth-order valence-electron chi connectivity index (χ4n) is 1.33. The summed E-state index contributed by atoms with van der Waals surface area (Å²) in [5, 5.41) is 0. The van der Waals surface area contributed by atoms with Crippen molar-refractivity contribution in [3.8, 4) is 0 Å². The molecular weight excluding hydrogens is 212 g/mol. The summed E-state index contributed by atoms with van der Waals surface area (Å²) in [4.78, 5) is 11.2. The number of hydrogen-bond acceptors (Lipinski definition) is 2. The Bertz CT molecular complexity index is 451. The quantitative estimate of drug-likeness (QED) is 0.439. The van der Waals surface area contributed by atoms with Gasteiger partial charge >= 0.3 is 0 Å². The molecule has 0 aromatic heterocycles. The number of rotatable bonds is 5. The van der Waals surface area contributed by atoms with Gasteiger partial charge in [-0.25, -0.2) is 0 Å². The molecule has 2 heteroatoms. The Balaban J connectivity index is 1.77. The van der Waals surface area contributed by atoms with Gasteiger partial charge in [0.1, 0.15) is 6.10 Å². The monoisotopic (exact) mass is 226 g/mol. The second kappa shape index (κ2) is 5.97. The van der Waals surface area contributed by atoms with E-state index in [0.29, 0.717) is 6.61 Å². The molecule has 0 bridgehead atoms. The van der Waals surface area contributed by atoms with Crippen molar-refractivity contribution in [2.24, 2.45) is 0 Å². The minimum absolute atomic E-state index is 0.0432. The largest absolute Gasteiger partial charge is 0.364 e. The molecule has 0 aliphatic carbocycles. The summed E-state index contributed by atoms with van der Waals surface area (Å²) < 4.78 is 4.87. The van der Waals surface area contributed by atoms with Gasteiger partial charge in [-0.3, -0.25) is 4.79 Å². The van der Waals surface area contributed by atoms with Crippen molar-refractivity contribution in [2.75, 3.05) is 6.61 Å². The minimum atomic E-state index is -0.181. The van der Waals surface area contributed by atoms with Crippen molar-refractivity contribution in [1.82, 2.24) is 0 Å². The highest BCUT2D eigenvalue weighted by molar-refractivity contribution is 5.95. The second-order valence-corrected chi connectivity index (χ2v) is 3.74. The van der Waals surface area contributed by atoms with Crippen molar-refractivity contribution in [3.63, 3.8) is 0 Å². The van der Waals surface area contributed by atoms with Crippen LogP contribution >= 0.6 is 0 Å². The van der Waals surface area contributed by atoms with Crippen LogP contribution in [0.4, 0.5) is 0 Å². The van der Waals surface area contributed by atoms with Crippen LogP contribution in [0.15, 0.2) is 60.7 Å². The molecule has 0 amide bonds. The summed E-state index contributed by atoms with van der Waals surface area (Å²) in [6, 6.07) is 10.1. The van der Waals surface area contributed by atoms with Crippen molar-refractivity contribution in [2.45, 2.75) is 6.10 Å². The van der Waals surface area contributed by atoms with Crippen LogP contribution in [0.2, 0.25) is 0 Å². The zero-order valence-corrected chi connectivity index (χ0v) is 9.45. The maximum Gasteiger partial charge on any atom is 0.186 e. The van der Waals surface area contributed by atoms with E-state index in [2.05, 4.69) is 0 Å². The van der Waals surface area contributed by atoms with E-state index in [1.807, 2.05) is 54.6 Å². The van der Waals surface area contributed by atoms with Gasteiger partial charge < -0.3 is 4.74 Å².